The quantitative estimate of drug-likeness (QED) is 0.489. The Balaban J connectivity index is 1.73. The van der Waals surface area contributed by atoms with Crippen LogP contribution in [0.2, 0.25) is 0 Å². The molecule has 0 radical (unpaired) electrons. The summed E-state index contributed by atoms with van der Waals surface area (Å²) in [5, 5.41) is 1.17. The number of para-hydroxylation sites is 3. The van der Waals surface area contributed by atoms with Gasteiger partial charge in [0, 0.05) is 16.8 Å². The predicted molar refractivity (Wildman–Crippen MR) is 100 cm³/mol. The van der Waals surface area contributed by atoms with Gasteiger partial charge in [-0.3, -0.25) is 4.98 Å². The minimum Gasteiger partial charge on any atom is -0.335 e. The first-order valence-electron chi connectivity index (χ1n) is 8.12. The molecule has 0 fully saturated rings. The first-order chi connectivity index (χ1) is 11.9. The smallest absolute Gasteiger partial charge is 0.0706 e. The van der Waals surface area contributed by atoms with Crippen molar-refractivity contribution in [1.82, 2.24) is 4.98 Å². The number of aromatic nitrogens is 1. The molecule has 2 heteroatoms. The summed E-state index contributed by atoms with van der Waals surface area (Å²) >= 11 is 0. The summed E-state index contributed by atoms with van der Waals surface area (Å²) in [5.41, 5.74) is 4.43. The van der Waals surface area contributed by atoms with Gasteiger partial charge in [0.15, 0.2) is 0 Å². The highest BCUT2D eigenvalue weighted by atomic mass is 15.1. The predicted octanol–water partition coefficient (Wildman–Crippen LogP) is 5.57. The van der Waals surface area contributed by atoms with Crippen LogP contribution in [0.3, 0.4) is 0 Å². The van der Waals surface area contributed by atoms with Crippen molar-refractivity contribution >= 4 is 22.3 Å². The minimum atomic E-state index is 0.735. The normalized spacial score (nSPS) is 10.7. The number of hydrogen-bond donors (Lipinski definition) is 0. The van der Waals surface area contributed by atoms with Gasteiger partial charge in [-0.15, -0.1) is 0 Å². The van der Waals surface area contributed by atoms with Gasteiger partial charge in [-0.25, -0.2) is 0 Å². The number of benzene rings is 3. The lowest BCUT2D eigenvalue weighted by Crippen LogP contribution is -2.17. The van der Waals surface area contributed by atoms with Crippen molar-refractivity contribution in [2.75, 3.05) is 4.90 Å². The largest absolute Gasteiger partial charge is 0.335 e. The zero-order valence-corrected chi connectivity index (χ0v) is 13.3. The van der Waals surface area contributed by atoms with E-state index in [0.29, 0.717) is 0 Å². The van der Waals surface area contributed by atoms with Crippen LogP contribution in [0, 0.1) is 0 Å². The molecule has 1 aromatic heterocycles. The SMILES string of the molecule is c1ccc(N(Cc2ccc3ccccc3n2)c2ccccc2)cc1. The minimum absolute atomic E-state index is 0.735. The first-order valence-corrected chi connectivity index (χ1v) is 8.12. The number of anilines is 2. The molecule has 3 aromatic carbocycles. The first kappa shape index (κ1) is 14.5. The van der Waals surface area contributed by atoms with E-state index in [-0.39, 0.29) is 0 Å². The van der Waals surface area contributed by atoms with E-state index in [2.05, 4.69) is 77.7 Å². The maximum atomic E-state index is 4.82. The second-order valence-electron chi connectivity index (χ2n) is 5.75. The summed E-state index contributed by atoms with van der Waals surface area (Å²) < 4.78 is 0. The molecule has 4 aromatic rings. The Morgan fingerprint density at radius 3 is 1.83 bits per heavy atom. The van der Waals surface area contributed by atoms with Crippen molar-refractivity contribution in [2.24, 2.45) is 0 Å². The molecule has 0 saturated heterocycles. The molecule has 1 heterocycles. The molecule has 24 heavy (non-hydrogen) atoms. The molecule has 4 rings (SSSR count). The third-order valence-corrected chi connectivity index (χ3v) is 4.11. The monoisotopic (exact) mass is 310 g/mol. The van der Waals surface area contributed by atoms with Crippen molar-refractivity contribution in [3.8, 4) is 0 Å². The standard InChI is InChI=1S/C22H18N2/c1-3-10-20(11-4-1)24(21-12-5-2-6-13-21)17-19-16-15-18-9-7-8-14-22(18)23-19/h1-16H,17H2. The molecular formula is C22H18N2. The average molecular weight is 310 g/mol. The van der Waals surface area contributed by atoms with Crippen LogP contribution in [0.5, 0.6) is 0 Å². The van der Waals surface area contributed by atoms with E-state index in [9.17, 15) is 0 Å². The lowest BCUT2D eigenvalue weighted by Gasteiger charge is -2.25. The molecule has 116 valence electrons. The van der Waals surface area contributed by atoms with Gasteiger partial charge in [0.05, 0.1) is 17.8 Å². The number of rotatable bonds is 4. The molecule has 0 unspecified atom stereocenters. The van der Waals surface area contributed by atoms with Gasteiger partial charge >= 0.3 is 0 Å². The van der Waals surface area contributed by atoms with Gasteiger partial charge in [-0.1, -0.05) is 60.7 Å². The fraction of sp³-hybridized carbons (Fsp3) is 0.0455. The van der Waals surface area contributed by atoms with Crippen LogP contribution in [-0.2, 0) is 6.54 Å². The molecule has 0 atom stereocenters. The number of nitrogens with zero attached hydrogens (tertiary/aromatic N) is 2. The fourth-order valence-electron chi connectivity index (χ4n) is 2.91. The zero-order valence-electron chi connectivity index (χ0n) is 13.3. The van der Waals surface area contributed by atoms with Crippen molar-refractivity contribution in [1.29, 1.82) is 0 Å². The summed E-state index contributed by atoms with van der Waals surface area (Å²) in [5.74, 6) is 0. The van der Waals surface area contributed by atoms with Crippen molar-refractivity contribution in [2.45, 2.75) is 6.54 Å². The Hall–Kier alpha value is -3.13. The lowest BCUT2D eigenvalue weighted by molar-refractivity contribution is 0.936. The van der Waals surface area contributed by atoms with Crippen LogP contribution in [0.25, 0.3) is 10.9 Å². The highest BCUT2D eigenvalue weighted by Crippen LogP contribution is 2.27. The summed E-state index contributed by atoms with van der Waals surface area (Å²) in [6.07, 6.45) is 0. The maximum Gasteiger partial charge on any atom is 0.0706 e. The van der Waals surface area contributed by atoms with Crippen molar-refractivity contribution < 1.29 is 0 Å². The van der Waals surface area contributed by atoms with E-state index in [1.165, 1.54) is 16.8 Å². The third kappa shape index (κ3) is 2.99. The average Bonchev–Trinajstić information content (AvgIpc) is 2.67. The molecule has 0 saturated carbocycles. The summed E-state index contributed by atoms with van der Waals surface area (Å²) in [4.78, 5) is 7.11. The van der Waals surface area contributed by atoms with Crippen LogP contribution in [0.4, 0.5) is 11.4 Å². The Labute approximate surface area is 142 Å². The Bertz CT molecular complexity index is 894. The molecule has 0 aliphatic rings. The Morgan fingerprint density at radius 1 is 0.583 bits per heavy atom. The topological polar surface area (TPSA) is 16.1 Å². The van der Waals surface area contributed by atoms with E-state index < -0.39 is 0 Å². The Kier molecular flexibility index (Phi) is 3.95. The highest BCUT2D eigenvalue weighted by Gasteiger charge is 2.10. The highest BCUT2D eigenvalue weighted by molar-refractivity contribution is 5.78. The molecule has 0 amide bonds. The molecule has 0 bridgehead atoms. The fourth-order valence-corrected chi connectivity index (χ4v) is 2.91. The van der Waals surface area contributed by atoms with Crippen molar-refractivity contribution in [3.63, 3.8) is 0 Å². The maximum absolute atomic E-state index is 4.82. The number of hydrogen-bond acceptors (Lipinski definition) is 2. The van der Waals surface area contributed by atoms with Crippen LogP contribution in [0.1, 0.15) is 5.69 Å². The summed E-state index contributed by atoms with van der Waals surface area (Å²) in [6, 6.07) is 33.4. The van der Waals surface area contributed by atoms with Crippen LogP contribution in [-0.4, -0.2) is 4.98 Å². The summed E-state index contributed by atoms with van der Waals surface area (Å²) in [6.45, 7) is 0.735. The second kappa shape index (κ2) is 6.55. The van der Waals surface area contributed by atoms with Crippen molar-refractivity contribution in [3.05, 3.63) is 103 Å². The van der Waals surface area contributed by atoms with Gasteiger partial charge < -0.3 is 4.90 Å². The van der Waals surface area contributed by atoms with E-state index in [1.54, 1.807) is 0 Å². The molecule has 0 N–H and O–H groups in total. The van der Waals surface area contributed by atoms with Crippen LogP contribution in [0.15, 0.2) is 97.1 Å². The molecule has 0 aliphatic carbocycles. The van der Waals surface area contributed by atoms with E-state index in [0.717, 1.165) is 17.8 Å². The van der Waals surface area contributed by atoms with Gasteiger partial charge in [0.2, 0.25) is 0 Å². The number of fused-ring (bicyclic) bond motifs is 1. The van der Waals surface area contributed by atoms with Gasteiger partial charge in [0.1, 0.15) is 0 Å². The molecular weight excluding hydrogens is 292 g/mol. The van der Waals surface area contributed by atoms with Crippen LogP contribution >= 0.6 is 0 Å². The third-order valence-electron chi connectivity index (χ3n) is 4.11. The van der Waals surface area contributed by atoms with E-state index in [1.807, 2.05) is 24.3 Å². The van der Waals surface area contributed by atoms with Gasteiger partial charge in [-0.2, -0.15) is 0 Å². The molecule has 0 aliphatic heterocycles. The molecule has 0 spiro atoms. The molecule has 2 nitrogen and oxygen atoms in total. The summed E-state index contributed by atoms with van der Waals surface area (Å²) in [7, 11) is 0. The van der Waals surface area contributed by atoms with Gasteiger partial charge in [-0.05, 0) is 36.4 Å². The number of pyridine rings is 1. The second-order valence-corrected chi connectivity index (χ2v) is 5.75. The Morgan fingerprint density at radius 2 is 1.17 bits per heavy atom. The lowest BCUT2D eigenvalue weighted by atomic mass is 10.2. The van der Waals surface area contributed by atoms with E-state index >= 15 is 0 Å². The van der Waals surface area contributed by atoms with E-state index in [4.69, 9.17) is 4.98 Å². The van der Waals surface area contributed by atoms with Gasteiger partial charge in [0.25, 0.3) is 0 Å². The van der Waals surface area contributed by atoms with Crippen LogP contribution < -0.4 is 4.90 Å². The zero-order chi connectivity index (χ0) is 16.2.